The van der Waals surface area contributed by atoms with Gasteiger partial charge in [0.15, 0.2) is 0 Å². The van der Waals surface area contributed by atoms with Crippen molar-refractivity contribution < 1.29 is 9.53 Å². The van der Waals surface area contributed by atoms with Crippen molar-refractivity contribution in [3.63, 3.8) is 0 Å². The molecule has 2 amide bonds. The molecule has 1 unspecified atom stereocenters. The molecule has 0 aliphatic heterocycles. The summed E-state index contributed by atoms with van der Waals surface area (Å²) in [6.45, 7) is 5.04. The molecule has 0 aromatic rings. The molecule has 154 valence electrons. The lowest BCUT2D eigenvalue weighted by Gasteiger charge is -2.45. The number of carbonyl (C=O) groups excluding carboxylic acids is 1. The molecule has 2 rings (SSSR count). The predicted molar refractivity (Wildman–Crippen MR) is 111 cm³/mol. The van der Waals surface area contributed by atoms with Crippen molar-refractivity contribution in [2.24, 2.45) is 22.8 Å². The van der Waals surface area contributed by atoms with E-state index >= 15 is 0 Å². The van der Waals surface area contributed by atoms with Crippen LogP contribution in [0.3, 0.4) is 0 Å². The summed E-state index contributed by atoms with van der Waals surface area (Å²) in [5.74, 6) is 1.55. The lowest BCUT2D eigenvalue weighted by atomic mass is 9.64. The highest BCUT2D eigenvalue weighted by Crippen LogP contribution is 2.46. The first-order valence-electron chi connectivity index (χ1n) is 10.7. The average Bonchev–Trinajstić information content (AvgIpc) is 2.63. The summed E-state index contributed by atoms with van der Waals surface area (Å²) >= 11 is 0. The van der Waals surface area contributed by atoms with Crippen LogP contribution >= 0.6 is 0 Å². The van der Waals surface area contributed by atoms with E-state index in [-0.39, 0.29) is 17.6 Å². The Morgan fingerprint density at radius 3 is 2.44 bits per heavy atom. The highest BCUT2D eigenvalue weighted by molar-refractivity contribution is 5.71. The van der Waals surface area contributed by atoms with Gasteiger partial charge in [-0.1, -0.05) is 38.8 Å². The van der Waals surface area contributed by atoms with E-state index in [9.17, 15) is 4.79 Å². The van der Waals surface area contributed by atoms with Gasteiger partial charge in [-0.2, -0.15) is 0 Å². The fourth-order valence-corrected chi connectivity index (χ4v) is 4.72. The van der Waals surface area contributed by atoms with E-state index in [2.05, 4.69) is 32.1 Å². The number of amides is 2. The Morgan fingerprint density at radius 1 is 1.26 bits per heavy atom. The molecule has 5 nitrogen and oxygen atoms in total. The fraction of sp³-hybridized carbons (Fsp3) is 0.773. The maximum absolute atomic E-state index is 11.7. The average molecular weight is 378 g/mol. The molecular weight excluding hydrogens is 338 g/mol. The van der Waals surface area contributed by atoms with E-state index in [1.165, 1.54) is 0 Å². The second kappa shape index (κ2) is 10.2. The van der Waals surface area contributed by atoms with E-state index in [4.69, 9.17) is 16.2 Å². The monoisotopic (exact) mass is 377 g/mol. The number of ether oxygens (including phenoxy) is 1. The Labute approximate surface area is 165 Å². The third-order valence-corrected chi connectivity index (χ3v) is 6.25. The molecule has 0 radical (unpaired) electrons. The van der Waals surface area contributed by atoms with Crippen LogP contribution < -0.4 is 11.5 Å². The first-order valence-corrected chi connectivity index (χ1v) is 10.7. The van der Waals surface area contributed by atoms with Crippen molar-refractivity contribution in [3.05, 3.63) is 24.0 Å². The number of hydrogen-bond acceptors (Lipinski definition) is 3. The van der Waals surface area contributed by atoms with Crippen molar-refractivity contribution >= 4 is 6.03 Å². The van der Waals surface area contributed by atoms with Crippen LogP contribution in [0.4, 0.5) is 4.79 Å². The van der Waals surface area contributed by atoms with Crippen LogP contribution in [-0.4, -0.2) is 36.7 Å². The largest absolute Gasteiger partial charge is 0.495 e. The summed E-state index contributed by atoms with van der Waals surface area (Å²) < 4.78 is 6.43. The highest BCUT2D eigenvalue weighted by atomic mass is 16.5. The van der Waals surface area contributed by atoms with Crippen molar-refractivity contribution in [1.82, 2.24) is 4.90 Å². The molecule has 5 heteroatoms. The summed E-state index contributed by atoms with van der Waals surface area (Å²) in [7, 11) is 1.79. The van der Waals surface area contributed by atoms with Gasteiger partial charge in [0.2, 0.25) is 0 Å². The zero-order chi connectivity index (χ0) is 19.9. The number of nitrogens with zero attached hydrogens (tertiary/aromatic N) is 1. The van der Waals surface area contributed by atoms with Gasteiger partial charge in [0, 0.05) is 31.5 Å². The molecule has 0 aromatic heterocycles. The smallest absolute Gasteiger partial charge is 0.314 e. The third-order valence-electron chi connectivity index (χ3n) is 6.25. The first kappa shape index (κ1) is 21.8. The third kappa shape index (κ3) is 6.00. The van der Waals surface area contributed by atoms with Gasteiger partial charge in [0.1, 0.15) is 0 Å². The Morgan fingerprint density at radius 2 is 1.89 bits per heavy atom. The second-order valence-corrected chi connectivity index (χ2v) is 8.53. The minimum absolute atomic E-state index is 0.114. The lowest BCUT2D eigenvalue weighted by Crippen LogP contribution is -2.47. The summed E-state index contributed by atoms with van der Waals surface area (Å²) in [6.07, 6.45) is 16.4. The zero-order valence-electron chi connectivity index (χ0n) is 17.5. The number of rotatable bonds is 9. The molecule has 27 heavy (non-hydrogen) atoms. The van der Waals surface area contributed by atoms with Crippen LogP contribution in [0.5, 0.6) is 0 Å². The maximum atomic E-state index is 11.7. The van der Waals surface area contributed by atoms with Crippen LogP contribution in [0.15, 0.2) is 24.0 Å². The quantitative estimate of drug-likeness (QED) is 0.627. The zero-order valence-corrected chi connectivity index (χ0v) is 17.5. The molecule has 0 saturated heterocycles. The molecule has 1 saturated carbocycles. The van der Waals surface area contributed by atoms with E-state index in [1.807, 2.05) is 0 Å². The number of carbonyl (C=O) groups is 1. The topological polar surface area (TPSA) is 81.6 Å². The number of hydrogen-bond donors (Lipinski definition) is 2. The molecular formula is C22H39N3O2. The van der Waals surface area contributed by atoms with Crippen LogP contribution in [0, 0.1) is 11.3 Å². The van der Waals surface area contributed by atoms with Gasteiger partial charge in [0.05, 0.1) is 11.9 Å². The summed E-state index contributed by atoms with van der Waals surface area (Å²) in [5, 5.41) is 0. The summed E-state index contributed by atoms with van der Waals surface area (Å²) in [4.78, 5) is 13.4. The number of nitrogens with two attached hydrogens (primary N) is 2. The number of urea groups is 1. The van der Waals surface area contributed by atoms with Gasteiger partial charge in [-0.25, -0.2) is 4.79 Å². The van der Waals surface area contributed by atoms with Crippen LogP contribution in [-0.2, 0) is 4.74 Å². The van der Waals surface area contributed by atoms with Crippen LogP contribution in [0.2, 0.25) is 0 Å². The number of primary amides is 1. The van der Waals surface area contributed by atoms with E-state index in [1.54, 1.807) is 11.9 Å². The predicted octanol–water partition coefficient (Wildman–Crippen LogP) is 4.33. The molecule has 2 aliphatic carbocycles. The van der Waals surface area contributed by atoms with E-state index in [0.717, 1.165) is 63.5 Å². The Kier molecular flexibility index (Phi) is 8.21. The normalized spacial score (nSPS) is 28.1. The van der Waals surface area contributed by atoms with Gasteiger partial charge >= 0.3 is 6.03 Å². The molecule has 1 fully saturated rings. The molecule has 4 N–H and O–H groups in total. The molecule has 0 aromatic carbocycles. The fourth-order valence-electron chi connectivity index (χ4n) is 4.72. The van der Waals surface area contributed by atoms with Crippen molar-refractivity contribution in [1.29, 1.82) is 0 Å². The molecule has 0 bridgehead atoms. The highest BCUT2D eigenvalue weighted by Gasteiger charge is 2.42. The molecule has 2 aliphatic rings. The van der Waals surface area contributed by atoms with E-state index < -0.39 is 0 Å². The molecule has 0 spiro atoms. The SMILES string of the molecule is CCCC(CCC)OC1=CC=CC(CN(C)C(N)=O)([C@H]2CC[C@H](N)CC2)C1. The summed E-state index contributed by atoms with van der Waals surface area (Å²) in [5.41, 5.74) is 11.6. The molecule has 0 heterocycles. The first-order chi connectivity index (χ1) is 12.9. The second-order valence-electron chi connectivity index (χ2n) is 8.53. The Balaban J connectivity index is 2.17. The molecule has 1 atom stereocenters. The standard InChI is InChI=1S/C22H39N3O2/c1-4-7-19(8-5-2)27-20-9-6-14-22(15-20,16-25(3)21(24)26)17-10-12-18(23)13-11-17/h6,9,14,17-19H,4-5,7-8,10-13,15-16,23H2,1-3H3,(H2,24,26)/t17-,18-,22?. The van der Waals surface area contributed by atoms with Crippen LogP contribution in [0.25, 0.3) is 0 Å². The van der Waals surface area contributed by atoms with Crippen molar-refractivity contribution in [3.8, 4) is 0 Å². The van der Waals surface area contributed by atoms with Crippen LogP contribution in [0.1, 0.15) is 71.6 Å². The Bertz CT molecular complexity index is 532. The maximum Gasteiger partial charge on any atom is 0.314 e. The number of allylic oxidation sites excluding steroid dienone is 3. The van der Waals surface area contributed by atoms with Gasteiger partial charge in [-0.05, 0) is 50.5 Å². The van der Waals surface area contributed by atoms with Gasteiger partial charge < -0.3 is 21.1 Å². The summed E-state index contributed by atoms with van der Waals surface area (Å²) in [6, 6.07) is -0.0633. The van der Waals surface area contributed by atoms with Gasteiger partial charge in [0.25, 0.3) is 0 Å². The lowest BCUT2D eigenvalue weighted by molar-refractivity contribution is 0.0545. The van der Waals surface area contributed by atoms with Gasteiger partial charge in [-0.3, -0.25) is 0 Å². The minimum Gasteiger partial charge on any atom is -0.495 e. The van der Waals surface area contributed by atoms with Gasteiger partial charge in [-0.15, -0.1) is 0 Å². The van der Waals surface area contributed by atoms with Crippen molar-refractivity contribution in [2.45, 2.75) is 83.8 Å². The Hall–Kier alpha value is -1.49. The van der Waals surface area contributed by atoms with Crippen molar-refractivity contribution in [2.75, 3.05) is 13.6 Å². The van der Waals surface area contributed by atoms with E-state index in [0.29, 0.717) is 18.5 Å². The minimum atomic E-state index is -0.373.